The predicted molar refractivity (Wildman–Crippen MR) is 79.9 cm³/mol. The Morgan fingerprint density at radius 2 is 1.74 bits per heavy atom. The second kappa shape index (κ2) is 5.45. The Balaban J connectivity index is 1.62. The van der Waals surface area contributed by atoms with Crippen molar-refractivity contribution in [1.29, 1.82) is 0 Å². The van der Waals surface area contributed by atoms with E-state index >= 15 is 0 Å². The minimum atomic E-state index is 0.657. The van der Waals surface area contributed by atoms with Gasteiger partial charge in [0.15, 0.2) is 0 Å². The lowest BCUT2D eigenvalue weighted by Crippen LogP contribution is -2.19. The molecule has 2 N–H and O–H groups in total. The van der Waals surface area contributed by atoms with Gasteiger partial charge in [-0.25, -0.2) is 0 Å². The van der Waals surface area contributed by atoms with Crippen LogP contribution in [0.1, 0.15) is 23.5 Å². The van der Waals surface area contributed by atoms with Gasteiger partial charge < -0.3 is 5.73 Å². The highest BCUT2D eigenvalue weighted by molar-refractivity contribution is 5.40. The molecule has 1 heterocycles. The zero-order valence-corrected chi connectivity index (χ0v) is 11.1. The summed E-state index contributed by atoms with van der Waals surface area (Å²) in [7, 11) is 0. The molecule has 3 rings (SSSR count). The normalized spacial score (nSPS) is 19.7. The summed E-state index contributed by atoms with van der Waals surface area (Å²) in [5.41, 5.74) is 9.42. The fraction of sp³-hybridized carbons (Fsp3) is 0.294. The van der Waals surface area contributed by atoms with Gasteiger partial charge in [-0.15, -0.1) is 0 Å². The molecule has 0 aliphatic carbocycles. The molecule has 2 nitrogen and oxygen atoms in total. The number of likely N-dealkylation sites (tertiary alicyclic amines) is 1. The number of benzene rings is 2. The SMILES string of the molecule is Nc1ccc(C2CCN(Cc3ccccc3)C2)cc1. The van der Waals surface area contributed by atoms with Crippen LogP contribution in [0.2, 0.25) is 0 Å². The second-order valence-corrected chi connectivity index (χ2v) is 5.37. The van der Waals surface area contributed by atoms with Crippen LogP contribution in [0.3, 0.4) is 0 Å². The van der Waals surface area contributed by atoms with Crippen molar-refractivity contribution in [2.45, 2.75) is 18.9 Å². The van der Waals surface area contributed by atoms with Crippen LogP contribution in [0.15, 0.2) is 54.6 Å². The maximum absolute atomic E-state index is 5.74. The van der Waals surface area contributed by atoms with Gasteiger partial charge in [-0.2, -0.15) is 0 Å². The smallest absolute Gasteiger partial charge is 0.0314 e. The summed E-state index contributed by atoms with van der Waals surface area (Å²) in [4.78, 5) is 2.54. The van der Waals surface area contributed by atoms with Crippen LogP contribution >= 0.6 is 0 Å². The highest BCUT2D eigenvalue weighted by Crippen LogP contribution is 2.28. The lowest BCUT2D eigenvalue weighted by molar-refractivity contribution is 0.327. The van der Waals surface area contributed by atoms with Crippen molar-refractivity contribution in [3.05, 3.63) is 65.7 Å². The third-order valence-corrected chi connectivity index (χ3v) is 3.93. The first-order valence-electron chi connectivity index (χ1n) is 6.93. The molecule has 1 aliphatic rings. The van der Waals surface area contributed by atoms with E-state index in [-0.39, 0.29) is 0 Å². The molecule has 2 heteroatoms. The van der Waals surface area contributed by atoms with Crippen LogP contribution in [0.5, 0.6) is 0 Å². The van der Waals surface area contributed by atoms with E-state index in [9.17, 15) is 0 Å². The van der Waals surface area contributed by atoms with Crippen molar-refractivity contribution in [2.75, 3.05) is 18.8 Å². The van der Waals surface area contributed by atoms with Crippen molar-refractivity contribution in [2.24, 2.45) is 0 Å². The summed E-state index contributed by atoms with van der Waals surface area (Å²) in [5, 5.41) is 0. The third-order valence-electron chi connectivity index (χ3n) is 3.93. The molecule has 0 amide bonds. The topological polar surface area (TPSA) is 29.3 Å². The molecule has 1 unspecified atom stereocenters. The van der Waals surface area contributed by atoms with E-state index < -0.39 is 0 Å². The average molecular weight is 252 g/mol. The van der Waals surface area contributed by atoms with E-state index in [0.717, 1.165) is 18.8 Å². The van der Waals surface area contributed by atoms with Gasteiger partial charge in [0.1, 0.15) is 0 Å². The number of nitrogens with two attached hydrogens (primary N) is 1. The number of hydrogen-bond acceptors (Lipinski definition) is 2. The molecule has 0 bridgehead atoms. The number of nitrogen functional groups attached to an aromatic ring is 1. The summed E-state index contributed by atoms with van der Waals surface area (Å²) in [6, 6.07) is 19.1. The van der Waals surface area contributed by atoms with E-state index in [1.807, 2.05) is 12.1 Å². The largest absolute Gasteiger partial charge is 0.399 e. The zero-order chi connectivity index (χ0) is 13.1. The highest BCUT2D eigenvalue weighted by atomic mass is 15.1. The third kappa shape index (κ3) is 2.96. The molecular formula is C17H20N2. The summed E-state index contributed by atoms with van der Waals surface area (Å²) >= 11 is 0. The summed E-state index contributed by atoms with van der Waals surface area (Å²) in [6.45, 7) is 3.40. The minimum Gasteiger partial charge on any atom is -0.399 e. The maximum Gasteiger partial charge on any atom is 0.0314 e. The molecule has 0 radical (unpaired) electrons. The molecule has 1 saturated heterocycles. The predicted octanol–water partition coefficient (Wildman–Crippen LogP) is 3.26. The van der Waals surface area contributed by atoms with Crippen LogP contribution in [0.25, 0.3) is 0 Å². The number of anilines is 1. The van der Waals surface area contributed by atoms with Gasteiger partial charge in [0.2, 0.25) is 0 Å². The van der Waals surface area contributed by atoms with Crippen molar-refractivity contribution in [3.63, 3.8) is 0 Å². The van der Waals surface area contributed by atoms with Gasteiger partial charge >= 0.3 is 0 Å². The molecule has 0 spiro atoms. The van der Waals surface area contributed by atoms with E-state index in [1.165, 1.54) is 24.1 Å². The molecule has 1 aliphatic heterocycles. The first-order chi connectivity index (χ1) is 9.31. The van der Waals surface area contributed by atoms with Crippen LogP contribution in [-0.4, -0.2) is 18.0 Å². The number of rotatable bonds is 3. The Kier molecular flexibility index (Phi) is 3.51. The minimum absolute atomic E-state index is 0.657. The molecule has 0 aromatic heterocycles. The highest BCUT2D eigenvalue weighted by Gasteiger charge is 2.23. The van der Waals surface area contributed by atoms with Crippen LogP contribution in [-0.2, 0) is 6.54 Å². The Morgan fingerprint density at radius 1 is 1.00 bits per heavy atom. The summed E-state index contributed by atoms with van der Waals surface area (Å²) < 4.78 is 0. The zero-order valence-electron chi connectivity index (χ0n) is 11.1. The summed E-state index contributed by atoms with van der Waals surface area (Å²) in [6.07, 6.45) is 1.25. The van der Waals surface area contributed by atoms with Gasteiger partial charge in [-0.3, -0.25) is 4.90 Å². The van der Waals surface area contributed by atoms with Crippen molar-refractivity contribution < 1.29 is 0 Å². The first kappa shape index (κ1) is 12.2. The average Bonchev–Trinajstić information content (AvgIpc) is 2.89. The van der Waals surface area contributed by atoms with E-state index in [0.29, 0.717) is 5.92 Å². The van der Waals surface area contributed by atoms with Gasteiger partial charge in [-0.1, -0.05) is 42.5 Å². The Morgan fingerprint density at radius 3 is 2.47 bits per heavy atom. The van der Waals surface area contributed by atoms with Crippen molar-refractivity contribution in [1.82, 2.24) is 4.90 Å². The lowest BCUT2D eigenvalue weighted by Gasteiger charge is -2.16. The molecule has 2 aromatic rings. The van der Waals surface area contributed by atoms with Crippen LogP contribution < -0.4 is 5.73 Å². The Bertz CT molecular complexity index is 519. The van der Waals surface area contributed by atoms with Crippen LogP contribution in [0, 0.1) is 0 Å². The lowest BCUT2D eigenvalue weighted by atomic mass is 9.98. The second-order valence-electron chi connectivity index (χ2n) is 5.37. The standard InChI is InChI=1S/C17H20N2/c18-17-8-6-15(7-9-17)16-10-11-19(13-16)12-14-4-2-1-3-5-14/h1-9,16H,10-13,18H2. The van der Waals surface area contributed by atoms with Crippen molar-refractivity contribution in [3.8, 4) is 0 Å². The first-order valence-corrected chi connectivity index (χ1v) is 6.93. The summed E-state index contributed by atoms with van der Waals surface area (Å²) in [5.74, 6) is 0.657. The maximum atomic E-state index is 5.74. The molecule has 19 heavy (non-hydrogen) atoms. The molecule has 1 atom stereocenters. The Labute approximate surface area is 114 Å². The molecule has 98 valence electrons. The van der Waals surface area contributed by atoms with Crippen molar-refractivity contribution >= 4 is 5.69 Å². The van der Waals surface area contributed by atoms with Gasteiger partial charge in [0, 0.05) is 18.8 Å². The van der Waals surface area contributed by atoms with Gasteiger partial charge in [0.05, 0.1) is 0 Å². The van der Waals surface area contributed by atoms with E-state index in [1.54, 1.807) is 0 Å². The Hall–Kier alpha value is -1.80. The molecule has 2 aromatic carbocycles. The number of nitrogens with zero attached hydrogens (tertiary/aromatic N) is 1. The molecule has 1 fully saturated rings. The fourth-order valence-corrected chi connectivity index (χ4v) is 2.86. The van der Waals surface area contributed by atoms with Crippen LogP contribution in [0.4, 0.5) is 5.69 Å². The van der Waals surface area contributed by atoms with Gasteiger partial charge in [-0.05, 0) is 42.1 Å². The molecular weight excluding hydrogens is 232 g/mol. The fourth-order valence-electron chi connectivity index (χ4n) is 2.86. The van der Waals surface area contributed by atoms with E-state index in [4.69, 9.17) is 5.73 Å². The monoisotopic (exact) mass is 252 g/mol. The van der Waals surface area contributed by atoms with E-state index in [2.05, 4.69) is 47.4 Å². The quantitative estimate of drug-likeness (QED) is 0.850. The molecule has 0 saturated carbocycles. The number of hydrogen-bond donors (Lipinski definition) is 1. The van der Waals surface area contributed by atoms with Gasteiger partial charge in [0.25, 0.3) is 0 Å².